The molecule has 0 bridgehead atoms. The summed E-state index contributed by atoms with van der Waals surface area (Å²) in [6, 6.07) is 17.8. The number of hydrogen-bond donors (Lipinski definition) is 2. The second-order valence-corrected chi connectivity index (χ2v) is 4.78. The van der Waals surface area contributed by atoms with Gasteiger partial charge in [-0.25, -0.2) is 4.99 Å². The van der Waals surface area contributed by atoms with E-state index in [1.807, 2.05) is 54.6 Å². The normalized spacial score (nSPS) is 9.91. The van der Waals surface area contributed by atoms with Gasteiger partial charge in [-0.2, -0.15) is 0 Å². The summed E-state index contributed by atoms with van der Waals surface area (Å²) in [7, 11) is 0. The van der Waals surface area contributed by atoms with Crippen LogP contribution >= 0.6 is 0 Å². The van der Waals surface area contributed by atoms with E-state index in [4.69, 9.17) is 4.74 Å². The van der Waals surface area contributed by atoms with Gasteiger partial charge < -0.3 is 15.4 Å². The number of guanidine groups is 1. The third-order valence-electron chi connectivity index (χ3n) is 3.01. The monoisotopic (exact) mass is 297 g/mol. The molecule has 0 aromatic heterocycles. The van der Waals surface area contributed by atoms with Crippen molar-refractivity contribution >= 4 is 5.96 Å². The summed E-state index contributed by atoms with van der Waals surface area (Å²) in [6.07, 6.45) is 0. The van der Waals surface area contributed by atoms with Gasteiger partial charge >= 0.3 is 0 Å². The lowest BCUT2D eigenvalue weighted by atomic mass is 10.2. The largest absolute Gasteiger partial charge is 0.457 e. The van der Waals surface area contributed by atoms with E-state index in [1.165, 1.54) is 0 Å². The van der Waals surface area contributed by atoms with E-state index >= 15 is 0 Å². The van der Waals surface area contributed by atoms with Crippen LogP contribution in [-0.2, 0) is 6.54 Å². The molecule has 0 spiro atoms. The van der Waals surface area contributed by atoms with Crippen LogP contribution in [0.2, 0.25) is 0 Å². The molecule has 116 valence electrons. The fraction of sp³-hybridized carbons (Fsp3) is 0.278. The lowest BCUT2D eigenvalue weighted by Gasteiger charge is -2.09. The van der Waals surface area contributed by atoms with Crippen molar-refractivity contribution in [1.82, 2.24) is 10.6 Å². The molecule has 0 aliphatic rings. The van der Waals surface area contributed by atoms with Gasteiger partial charge in [0.2, 0.25) is 0 Å². The van der Waals surface area contributed by atoms with Crippen molar-refractivity contribution < 1.29 is 4.74 Å². The number of rotatable bonds is 6. The fourth-order valence-electron chi connectivity index (χ4n) is 1.97. The van der Waals surface area contributed by atoms with Gasteiger partial charge in [0.15, 0.2) is 5.96 Å². The smallest absolute Gasteiger partial charge is 0.191 e. The van der Waals surface area contributed by atoms with Crippen LogP contribution in [0.1, 0.15) is 19.4 Å². The van der Waals surface area contributed by atoms with E-state index in [1.54, 1.807) is 0 Å². The van der Waals surface area contributed by atoms with Crippen molar-refractivity contribution in [3.63, 3.8) is 0 Å². The van der Waals surface area contributed by atoms with Crippen LogP contribution < -0.4 is 15.4 Å². The van der Waals surface area contributed by atoms with Crippen molar-refractivity contribution in [3.05, 3.63) is 60.2 Å². The molecule has 0 aliphatic heterocycles. The zero-order valence-electron chi connectivity index (χ0n) is 13.2. The maximum atomic E-state index is 5.78. The standard InChI is InChI=1S/C18H23N3O/c1-3-19-18(20-4-2)21-14-15-10-12-17(13-11-15)22-16-8-6-5-7-9-16/h5-13H,3-4,14H2,1-2H3,(H2,19,20,21). The molecule has 0 radical (unpaired) electrons. The second kappa shape index (κ2) is 8.72. The van der Waals surface area contributed by atoms with Crippen LogP contribution in [0.15, 0.2) is 59.6 Å². The number of nitrogens with one attached hydrogen (secondary N) is 2. The predicted octanol–water partition coefficient (Wildman–Crippen LogP) is 3.55. The van der Waals surface area contributed by atoms with Gasteiger partial charge in [0, 0.05) is 13.1 Å². The van der Waals surface area contributed by atoms with Gasteiger partial charge in [-0.05, 0) is 43.7 Å². The number of benzene rings is 2. The van der Waals surface area contributed by atoms with Gasteiger partial charge in [-0.3, -0.25) is 0 Å². The molecule has 0 amide bonds. The highest BCUT2D eigenvalue weighted by Crippen LogP contribution is 2.21. The lowest BCUT2D eigenvalue weighted by molar-refractivity contribution is 0.482. The molecular formula is C18H23N3O. The number of para-hydroxylation sites is 1. The van der Waals surface area contributed by atoms with E-state index in [2.05, 4.69) is 29.5 Å². The maximum Gasteiger partial charge on any atom is 0.191 e. The van der Waals surface area contributed by atoms with Crippen molar-refractivity contribution in [2.24, 2.45) is 4.99 Å². The highest BCUT2D eigenvalue weighted by atomic mass is 16.5. The molecule has 4 nitrogen and oxygen atoms in total. The highest BCUT2D eigenvalue weighted by Gasteiger charge is 1.98. The molecule has 2 N–H and O–H groups in total. The topological polar surface area (TPSA) is 45.7 Å². The summed E-state index contributed by atoms with van der Waals surface area (Å²) < 4.78 is 5.78. The summed E-state index contributed by atoms with van der Waals surface area (Å²) in [4.78, 5) is 4.54. The lowest BCUT2D eigenvalue weighted by Crippen LogP contribution is -2.36. The minimum atomic E-state index is 0.640. The molecule has 0 unspecified atom stereocenters. The molecule has 0 fully saturated rings. The zero-order valence-corrected chi connectivity index (χ0v) is 13.2. The Kier molecular flexibility index (Phi) is 6.30. The highest BCUT2D eigenvalue weighted by molar-refractivity contribution is 5.79. The summed E-state index contributed by atoms with van der Waals surface area (Å²) in [5.74, 6) is 2.52. The molecule has 4 heteroatoms. The molecule has 0 atom stereocenters. The minimum Gasteiger partial charge on any atom is -0.457 e. The molecule has 2 aromatic rings. The molecule has 0 aliphatic carbocycles. The number of aliphatic imine (C=N–C) groups is 1. The Morgan fingerprint density at radius 3 is 2.05 bits per heavy atom. The van der Waals surface area contributed by atoms with Crippen molar-refractivity contribution in [2.75, 3.05) is 13.1 Å². The summed E-state index contributed by atoms with van der Waals surface area (Å²) in [6.45, 7) is 6.47. The number of ether oxygens (including phenoxy) is 1. The average Bonchev–Trinajstić information content (AvgIpc) is 2.55. The molecule has 0 saturated heterocycles. The van der Waals surface area contributed by atoms with Gasteiger partial charge in [-0.15, -0.1) is 0 Å². The van der Waals surface area contributed by atoms with E-state index < -0.39 is 0 Å². The Bertz CT molecular complexity index is 571. The van der Waals surface area contributed by atoms with Crippen LogP contribution in [0.25, 0.3) is 0 Å². The van der Waals surface area contributed by atoms with E-state index in [0.717, 1.165) is 36.1 Å². The Hall–Kier alpha value is -2.49. The van der Waals surface area contributed by atoms with Crippen LogP contribution in [0, 0.1) is 0 Å². The van der Waals surface area contributed by atoms with Crippen molar-refractivity contribution in [1.29, 1.82) is 0 Å². The predicted molar refractivity (Wildman–Crippen MR) is 91.5 cm³/mol. The van der Waals surface area contributed by atoms with E-state index in [0.29, 0.717) is 6.54 Å². The van der Waals surface area contributed by atoms with E-state index in [-0.39, 0.29) is 0 Å². The first kappa shape index (κ1) is 15.9. The van der Waals surface area contributed by atoms with Crippen LogP contribution in [0.3, 0.4) is 0 Å². The first-order chi connectivity index (χ1) is 10.8. The van der Waals surface area contributed by atoms with Gasteiger partial charge in [0.05, 0.1) is 6.54 Å². The molecule has 0 heterocycles. The second-order valence-electron chi connectivity index (χ2n) is 4.78. The first-order valence-corrected chi connectivity index (χ1v) is 7.66. The Labute approximate surface area is 132 Å². The zero-order chi connectivity index (χ0) is 15.6. The molecule has 2 aromatic carbocycles. The summed E-state index contributed by atoms with van der Waals surface area (Å²) in [5.41, 5.74) is 1.15. The quantitative estimate of drug-likeness (QED) is 0.633. The number of nitrogens with zero attached hydrogens (tertiary/aromatic N) is 1. The average molecular weight is 297 g/mol. The minimum absolute atomic E-state index is 0.640. The maximum absolute atomic E-state index is 5.78. The van der Waals surface area contributed by atoms with Gasteiger partial charge in [-0.1, -0.05) is 30.3 Å². The van der Waals surface area contributed by atoms with Gasteiger partial charge in [0.25, 0.3) is 0 Å². The first-order valence-electron chi connectivity index (χ1n) is 7.66. The summed E-state index contributed by atoms with van der Waals surface area (Å²) in [5, 5.41) is 6.42. The Morgan fingerprint density at radius 1 is 0.864 bits per heavy atom. The van der Waals surface area contributed by atoms with Crippen molar-refractivity contribution in [3.8, 4) is 11.5 Å². The van der Waals surface area contributed by atoms with Crippen LogP contribution in [0.5, 0.6) is 11.5 Å². The van der Waals surface area contributed by atoms with Gasteiger partial charge in [0.1, 0.15) is 11.5 Å². The molecule has 0 saturated carbocycles. The molecular weight excluding hydrogens is 274 g/mol. The SMILES string of the molecule is CCNC(=NCc1ccc(Oc2ccccc2)cc1)NCC. The fourth-order valence-corrected chi connectivity index (χ4v) is 1.97. The number of hydrogen-bond acceptors (Lipinski definition) is 2. The van der Waals surface area contributed by atoms with Crippen LogP contribution in [0.4, 0.5) is 0 Å². The Balaban J connectivity index is 1.95. The Morgan fingerprint density at radius 2 is 1.45 bits per heavy atom. The molecule has 22 heavy (non-hydrogen) atoms. The third-order valence-corrected chi connectivity index (χ3v) is 3.01. The van der Waals surface area contributed by atoms with Crippen molar-refractivity contribution in [2.45, 2.75) is 20.4 Å². The third kappa shape index (κ3) is 5.13. The molecule has 2 rings (SSSR count). The van der Waals surface area contributed by atoms with Crippen LogP contribution in [-0.4, -0.2) is 19.0 Å². The van der Waals surface area contributed by atoms with E-state index in [9.17, 15) is 0 Å². The summed E-state index contributed by atoms with van der Waals surface area (Å²) >= 11 is 0.